The van der Waals surface area contributed by atoms with Crippen molar-refractivity contribution in [2.75, 3.05) is 0 Å². The lowest BCUT2D eigenvalue weighted by Gasteiger charge is -1.96. The standard InChI is InChI=1S/C11H7N2/c1-2-8-3-4-9-5-7-13-11(9)10(8)12-6-1/h1-5,7,13H. The van der Waals surface area contributed by atoms with Gasteiger partial charge in [0.05, 0.1) is 17.2 Å². The van der Waals surface area contributed by atoms with Crippen molar-refractivity contribution in [1.82, 2.24) is 9.97 Å². The number of H-pyrrole nitrogens is 1. The van der Waals surface area contributed by atoms with Crippen LogP contribution in [0.4, 0.5) is 0 Å². The molecule has 1 radical (unpaired) electrons. The predicted molar refractivity (Wildman–Crippen MR) is 52.4 cm³/mol. The third kappa shape index (κ3) is 0.855. The van der Waals surface area contributed by atoms with E-state index < -0.39 is 0 Å². The van der Waals surface area contributed by atoms with E-state index in [0.717, 1.165) is 16.4 Å². The molecule has 2 heterocycles. The van der Waals surface area contributed by atoms with Gasteiger partial charge < -0.3 is 4.98 Å². The van der Waals surface area contributed by atoms with Crippen molar-refractivity contribution in [3.8, 4) is 0 Å². The average Bonchev–Trinajstić information content (AvgIpc) is 2.65. The Hall–Kier alpha value is -1.83. The molecule has 13 heavy (non-hydrogen) atoms. The molecular formula is C11H7N2. The van der Waals surface area contributed by atoms with Crippen LogP contribution in [-0.4, -0.2) is 9.97 Å². The highest BCUT2D eigenvalue weighted by molar-refractivity contribution is 6.02. The molecule has 0 saturated heterocycles. The number of benzene rings is 1. The van der Waals surface area contributed by atoms with Gasteiger partial charge in [0.25, 0.3) is 0 Å². The molecule has 2 heteroatoms. The van der Waals surface area contributed by atoms with E-state index in [2.05, 4.69) is 28.3 Å². The molecule has 2 nitrogen and oxygen atoms in total. The third-order valence-electron chi connectivity index (χ3n) is 2.25. The maximum Gasteiger partial charge on any atom is 0.0950 e. The Kier molecular flexibility index (Phi) is 1.19. The molecule has 0 aliphatic carbocycles. The van der Waals surface area contributed by atoms with Crippen LogP contribution in [0.3, 0.4) is 0 Å². The number of nitrogens with one attached hydrogen (secondary N) is 1. The van der Waals surface area contributed by atoms with Crippen LogP contribution in [-0.2, 0) is 0 Å². The lowest BCUT2D eigenvalue weighted by Crippen LogP contribution is -1.79. The fraction of sp³-hybridized carbons (Fsp3) is 0. The average molecular weight is 167 g/mol. The molecule has 3 aromatic rings. The van der Waals surface area contributed by atoms with Gasteiger partial charge in [0.2, 0.25) is 0 Å². The van der Waals surface area contributed by atoms with Gasteiger partial charge in [-0.1, -0.05) is 18.2 Å². The van der Waals surface area contributed by atoms with Crippen molar-refractivity contribution in [1.29, 1.82) is 0 Å². The highest BCUT2D eigenvalue weighted by Gasteiger charge is 2.00. The Morgan fingerprint density at radius 2 is 2.00 bits per heavy atom. The van der Waals surface area contributed by atoms with Crippen molar-refractivity contribution in [2.45, 2.75) is 0 Å². The molecule has 0 aliphatic rings. The fourth-order valence-electron chi connectivity index (χ4n) is 1.61. The molecule has 0 unspecified atom stereocenters. The molecule has 61 valence electrons. The van der Waals surface area contributed by atoms with E-state index in [1.54, 1.807) is 0 Å². The zero-order chi connectivity index (χ0) is 8.67. The Morgan fingerprint density at radius 1 is 1.08 bits per heavy atom. The molecule has 0 spiro atoms. The van der Waals surface area contributed by atoms with Crippen LogP contribution in [0.1, 0.15) is 0 Å². The highest BCUT2D eigenvalue weighted by Crippen LogP contribution is 2.21. The first-order valence-electron chi connectivity index (χ1n) is 4.18. The number of fused-ring (bicyclic) bond motifs is 3. The van der Waals surface area contributed by atoms with E-state index in [1.165, 1.54) is 5.39 Å². The van der Waals surface area contributed by atoms with E-state index in [-0.39, 0.29) is 0 Å². The Balaban J connectivity index is 2.65. The molecule has 1 aromatic carbocycles. The molecule has 0 aliphatic heterocycles. The zero-order valence-electron chi connectivity index (χ0n) is 6.91. The second kappa shape index (κ2) is 2.33. The van der Waals surface area contributed by atoms with Gasteiger partial charge in [-0.2, -0.15) is 0 Å². The van der Waals surface area contributed by atoms with Crippen molar-refractivity contribution < 1.29 is 0 Å². The molecule has 3 rings (SSSR count). The van der Waals surface area contributed by atoms with Crippen LogP contribution in [0.25, 0.3) is 21.8 Å². The summed E-state index contributed by atoms with van der Waals surface area (Å²) in [5.74, 6) is 0. The van der Waals surface area contributed by atoms with Gasteiger partial charge in [0.1, 0.15) is 0 Å². The first-order valence-corrected chi connectivity index (χ1v) is 4.18. The number of nitrogens with zero attached hydrogens (tertiary/aromatic N) is 1. The van der Waals surface area contributed by atoms with Crippen LogP contribution in [0.5, 0.6) is 0 Å². The topological polar surface area (TPSA) is 28.7 Å². The lowest BCUT2D eigenvalue weighted by atomic mass is 10.1. The molecule has 0 saturated carbocycles. The van der Waals surface area contributed by atoms with Crippen molar-refractivity contribution in [2.24, 2.45) is 0 Å². The van der Waals surface area contributed by atoms with E-state index in [0.29, 0.717) is 0 Å². The quantitative estimate of drug-likeness (QED) is 0.547. The summed E-state index contributed by atoms with van der Waals surface area (Å²) < 4.78 is 0. The Bertz CT molecular complexity index is 566. The molecule has 0 atom stereocenters. The smallest absolute Gasteiger partial charge is 0.0950 e. The third-order valence-corrected chi connectivity index (χ3v) is 2.25. The normalized spacial score (nSPS) is 11.1. The second-order valence-corrected chi connectivity index (χ2v) is 3.02. The van der Waals surface area contributed by atoms with Crippen LogP contribution in [0.2, 0.25) is 0 Å². The lowest BCUT2D eigenvalue weighted by molar-refractivity contribution is 1.39. The summed E-state index contributed by atoms with van der Waals surface area (Å²) in [4.78, 5) is 7.41. The Morgan fingerprint density at radius 3 is 3.00 bits per heavy atom. The fourth-order valence-corrected chi connectivity index (χ4v) is 1.61. The van der Waals surface area contributed by atoms with Gasteiger partial charge in [0, 0.05) is 17.0 Å². The molecule has 1 N–H and O–H groups in total. The first kappa shape index (κ1) is 6.66. The van der Waals surface area contributed by atoms with Crippen molar-refractivity contribution >= 4 is 21.8 Å². The van der Waals surface area contributed by atoms with Gasteiger partial charge in [-0.15, -0.1) is 0 Å². The minimum Gasteiger partial charge on any atom is -0.359 e. The number of pyridine rings is 1. The van der Waals surface area contributed by atoms with Crippen molar-refractivity contribution in [3.05, 3.63) is 42.7 Å². The van der Waals surface area contributed by atoms with Crippen LogP contribution >= 0.6 is 0 Å². The molecule has 0 amide bonds. The summed E-state index contributed by atoms with van der Waals surface area (Å²) in [6, 6.07) is 10.1. The minimum atomic E-state index is 0.991. The second-order valence-electron chi connectivity index (χ2n) is 3.02. The summed E-state index contributed by atoms with van der Waals surface area (Å²) in [7, 11) is 0. The monoisotopic (exact) mass is 167 g/mol. The molecule has 0 bridgehead atoms. The number of hydrogen-bond acceptors (Lipinski definition) is 1. The summed E-state index contributed by atoms with van der Waals surface area (Å²) in [5, 5.41) is 2.34. The number of aromatic amines is 1. The van der Waals surface area contributed by atoms with Crippen LogP contribution in [0, 0.1) is 6.20 Å². The largest absolute Gasteiger partial charge is 0.359 e. The number of rotatable bonds is 0. The SMILES string of the molecule is [c]1ccc2ccc3cc[nH]c3c2n1. The van der Waals surface area contributed by atoms with E-state index >= 15 is 0 Å². The number of aromatic nitrogens is 2. The summed E-state index contributed by atoms with van der Waals surface area (Å²) in [6.45, 7) is 0. The maximum atomic E-state index is 4.23. The van der Waals surface area contributed by atoms with Crippen LogP contribution < -0.4 is 0 Å². The summed E-state index contributed by atoms with van der Waals surface area (Å²) in [5.41, 5.74) is 2.08. The molecule has 2 aromatic heterocycles. The maximum absolute atomic E-state index is 4.23. The van der Waals surface area contributed by atoms with Gasteiger partial charge >= 0.3 is 0 Å². The zero-order valence-corrected chi connectivity index (χ0v) is 6.91. The van der Waals surface area contributed by atoms with E-state index in [4.69, 9.17) is 0 Å². The molecule has 0 fully saturated rings. The van der Waals surface area contributed by atoms with Gasteiger partial charge in [-0.25, -0.2) is 4.98 Å². The minimum absolute atomic E-state index is 0.991. The molecular weight excluding hydrogens is 160 g/mol. The summed E-state index contributed by atoms with van der Waals surface area (Å²) >= 11 is 0. The Labute approximate surface area is 75.2 Å². The van der Waals surface area contributed by atoms with Crippen LogP contribution in [0.15, 0.2) is 36.5 Å². The highest BCUT2D eigenvalue weighted by atomic mass is 14.7. The van der Waals surface area contributed by atoms with E-state index in [9.17, 15) is 0 Å². The van der Waals surface area contributed by atoms with Gasteiger partial charge in [-0.05, 0) is 12.1 Å². The first-order chi connectivity index (χ1) is 6.45. The van der Waals surface area contributed by atoms with Gasteiger partial charge in [0.15, 0.2) is 0 Å². The van der Waals surface area contributed by atoms with Gasteiger partial charge in [-0.3, -0.25) is 0 Å². The van der Waals surface area contributed by atoms with Crippen molar-refractivity contribution in [3.63, 3.8) is 0 Å². The van der Waals surface area contributed by atoms with E-state index in [1.807, 2.05) is 24.4 Å². The summed E-state index contributed by atoms with van der Waals surface area (Å²) in [6.07, 6.45) is 4.78. The predicted octanol–water partition coefficient (Wildman–Crippen LogP) is 2.52. The number of hydrogen-bond donors (Lipinski definition) is 1.